The number of ether oxygens (including phenoxy) is 2. The van der Waals surface area contributed by atoms with Crippen LogP contribution in [-0.4, -0.2) is 37.1 Å². The van der Waals surface area contributed by atoms with Gasteiger partial charge in [0, 0.05) is 5.69 Å². The van der Waals surface area contributed by atoms with Crippen molar-refractivity contribution >= 4 is 17.7 Å². The van der Waals surface area contributed by atoms with Gasteiger partial charge in [0.1, 0.15) is 0 Å². The first-order chi connectivity index (χ1) is 12.4. The first-order valence-electron chi connectivity index (χ1n) is 7.51. The summed E-state index contributed by atoms with van der Waals surface area (Å²) in [6.45, 7) is 1.73. The average molecular weight is 402 g/mol. The van der Waals surface area contributed by atoms with Gasteiger partial charge in [0.15, 0.2) is 0 Å². The topological polar surface area (TPSA) is 76.7 Å². The van der Waals surface area contributed by atoms with Crippen LogP contribution in [0.3, 0.4) is 0 Å². The summed E-state index contributed by atoms with van der Waals surface area (Å²) < 4.78 is 88.2. The number of anilines is 1. The predicted molar refractivity (Wildman–Crippen MR) is 80.6 cm³/mol. The van der Waals surface area contributed by atoms with Gasteiger partial charge in [0.2, 0.25) is 0 Å². The number of amides is 1. The number of esters is 1. The van der Waals surface area contributed by atoms with Crippen molar-refractivity contribution in [3.05, 3.63) is 29.8 Å². The van der Waals surface area contributed by atoms with Gasteiger partial charge in [0.05, 0.1) is 18.8 Å². The molecule has 0 saturated carbocycles. The molecule has 0 spiro atoms. The molecule has 2 N–H and O–H groups in total. The first kappa shape index (κ1) is 22.4. The minimum atomic E-state index is -5.49. The highest BCUT2D eigenvalue weighted by Gasteiger charge is 2.64. The van der Waals surface area contributed by atoms with Crippen LogP contribution in [0, 0.1) is 0 Å². The van der Waals surface area contributed by atoms with E-state index in [9.17, 15) is 35.9 Å². The SMILES string of the molecule is CCOC(=O)N[C@@](Nc1cccc(C(F)(F)F)c1)(C(=O)OCC)C(F)(F)F. The number of carbonyl (C=O) groups is 2. The zero-order chi connectivity index (χ0) is 20.9. The Kier molecular flexibility index (Phi) is 6.93. The van der Waals surface area contributed by atoms with Crippen LogP contribution < -0.4 is 10.6 Å². The first-order valence-corrected chi connectivity index (χ1v) is 7.51. The number of alkyl carbamates (subject to hydrolysis) is 1. The molecule has 1 rings (SSSR count). The Morgan fingerprint density at radius 1 is 1.00 bits per heavy atom. The molecular weight excluding hydrogens is 386 g/mol. The van der Waals surface area contributed by atoms with E-state index in [0.717, 1.165) is 12.1 Å². The van der Waals surface area contributed by atoms with Crippen molar-refractivity contribution in [2.45, 2.75) is 31.9 Å². The van der Waals surface area contributed by atoms with E-state index in [0.29, 0.717) is 12.1 Å². The van der Waals surface area contributed by atoms with Gasteiger partial charge in [-0.3, -0.25) is 5.32 Å². The molecule has 6 nitrogen and oxygen atoms in total. The van der Waals surface area contributed by atoms with Gasteiger partial charge in [-0.15, -0.1) is 0 Å². The molecule has 0 saturated heterocycles. The molecule has 27 heavy (non-hydrogen) atoms. The van der Waals surface area contributed by atoms with E-state index in [4.69, 9.17) is 0 Å². The zero-order valence-corrected chi connectivity index (χ0v) is 14.1. The van der Waals surface area contributed by atoms with E-state index in [1.165, 1.54) is 19.2 Å². The fraction of sp³-hybridized carbons (Fsp3) is 0.467. The average Bonchev–Trinajstić information content (AvgIpc) is 2.53. The fourth-order valence-electron chi connectivity index (χ4n) is 1.94. The summed E-state index contributed by atoms with van der Waals surface area (Å²) in [6, 6.07) is 2.68. The maximum Gasteiger partial charge on any atom is 0.442 e. The quantitative estimate of drug-likeness (QED) is 0.431. The Labute approximate surface area is 149 Å². The number of benzene rings is 1. The number of carbonyl (C=O) groups excluding carboxylic acids is 2. The summed E-state index contributed by atoms with van der Waals surface area (Å²) in [5.41, 5.74) is -5.85. The molecule has 0 aliphatic heterocycles. The van der Waals surface area contributed by atoms with Crippen molar-refractivity contribution in [2.75, 3.05) is 18.5 Å². The van der Waals surface area contributed by atoms with Crippen molar-refractivity contribution in [2.24, 2.45) is 0 Å². The van der Waals surface area contributed by atoms with Crippen molar-refractivity contribution in [1.82, 2.24) is 5.32 Å². The molecule has 0 unspecified atom stereocenters. The van der Waals surface area contributed by atoms with E-state index >= 15 is 0 Å². The molecule has 0 aliphatic rings. The minimum absolute atomic E-state index is 0.313. The van der Waals surface area contributed by atoms with E-state index < -0.39 is 47.9 Å². The number of nitrogens with one attached hydrogen (secondary N) is 2. The second kappa shape index (κ2) is 8.35. The van der Waals surface area contributed by atoms with E-state index in [1.54, 1.807) is 5.32 Å². The molecule has 0 aromatic heterocycles. The number of alkyl halides is 6. The number of halogens is 6. The third-order valence-corrected chi connectivity index (χ3v) is 3.09. The highest BCUT2D eigenvalue weighted by atomic mass is 19.4. The zero-order valence-electron chi connectivity index (χ0n) is 14.1. The number of hydrogen-bond acceptors (Lipinski definition) is 5. The third-order valence-electron chi connectivity index (χ3n) is 3.09. The van der Waals surface area contributed by atoms with Crippen LogP contribution in [0.5, 0.6) is 0 Å². The molecular formula is C15H16F6N2O4. The molecule has 1 aromatic carbocycles. The van der Waals surface area contributed by atoms with Crippen LogP contribution in [0.4, 0.5) is 36.8 Å². The molecule has 0 heterocycles. The van der Waals surface area contributed by atoms with Crippen molar-refractivity contribution in [3.63, 3.8) is 0 Å². The normalized spacial score (nSPS) is 14.1. The van der Waals surface area contributed by atoms with Crippen LogP contribution in [0.15, 0.2) is 24.3 Å². The van der Waals surface area contributed by atoms with Gasteiger partial charge in [-0.05, 0) is 32.0 Å². The lowest BCUT2D eigenvalue weighted by molar-refractivity contribution is -0.205. The molecule has 0 bridgehead atoms. The summed E-state index contributed by atoms with van der Waals surface area (Å²) in [7, 11) is 0. The van der Waals surface area contributed by atoms with Crippen molar-refractivity contribution < 1.29 is 45.4 Å². The molecule has 1 atom stereocenters. The minimum Gasteiger partial charge on any atom is -0.463 e. The van der Waals surface area contributed by atoms with Crippen LogP contribution in [0.2, 0.25) is 0 Å². The molecule has 12 heteroatoms. The van der Waals surface area contributed by atoms with Gasteiger partial charge in [-0.1, -0.05) is 6.07 Å². The number of hydrogen-bond donors (Lipinski definition) is 2. The monoisotopic (exact) mass is 402 g/mol. The predicted octanol–water partition coefficient (Wildman–Crippen LogP) is 3.69. The Hall–Kier alpha value is -2.66. The Morgan fingerprint density at radius 2 is 1.59 bits per heavy atom. The standard InChI is InChI=1S/C15H16F6N2O4/c1-3-26-11(24)13(15(19,20)21,23-12(25)27-4-2)22-10-7-5-6-9(8-10)14(16,17)18/h5-8,22H,3-4H2,1-2H3,(H,23,25)/t13-/m0/s1. The van der Waals surface area contributed by atoms with Crippen LogP contribution >= 0.6 is 0 Å². The summed E-state index contributed by atoms with van der Waals surface area (Å²) in [5, 5.41) is 2.92. The van der Waals surface area contributed by atoms with Gasteiger partial charge in [-0.2, -0.15) is 26.3 Å². The Balaban J connectivity index is 3.43. The lowest BCUT2D eigenvalue weighted by Gasteiger charge is -2.35. The number of rotatable bonds is 6. The summed E-state index contributed by atoms with van der Waals surface area (Å²) in [5.74, 6) is -1.97. The third kappa shape index (κ3) is 5.41. The van der Waals surface area contributed by atoms with E-state index in [1.807, 2.05) is 0 Å². The highest BCUT2D eigenvalue weighted by Crippen LogP contribution is 2.35. The summed E-state index contributed by atoms with van der Waals surface area (Å²) >= 11 is 0. The lowest BCUT2D eigenvalue weighted by atomic mass is 10.1. The Bertz CT molecular complexity index is 677. The van der Waals surface area contributed by atoms with Gasteiger partial charge in [0.25, 0.3) is 0 Å². The molecule has 0 aliphatic carbocycles. The fourth-order valence-corrected chi connectivity index (χ4v) is 1.94. The lowest BCUT2D eigenvalue weighted by Crippen LogP contribution is -2.69. The van der Waals surface area contributed by atoms with Gasteiger partial charge in [-0.25, -0.2) is 9.59 Å². The molecule has 0 radical (unpaired) electrons. The van der Waals surface area contributed by atoms with Gasteiger partial charge < -0.3 is 14.8 Å². The van der Waals surface area contributed by atoms with Crippen LogP contribution in [0.25, 0.3) is 0 Å². The molecule has 0 fully saturated rings. The second-order valence-corrected chi connectivity index (χ2v) is 5.02. The smallest absolute Gasteiger partial charge is 0.442 e. The van der Waals surface area contributed by atoms with E-state index in [2.05, 4.69) is 9.47 Å². The van der Waals surface area contributed by atoms with E-state index in [-0.39, 0.29) is 6.61 Å². The van der Waals surface area contributed by atoms with Crippen LogP contribution in [0.1, 0.15) is 19.4 Å². The van der Waals surface area contributed by atoms with Gasteiger partial charge >= 0.3 is 30.1 Å². The van der Waals surface area contributed by atoms with Crippen LogP contribution in [-0.2, 0) is 20.4 Å². The summed E-state index contributed by atoms with van der Waals surface area (Å²) in [4.78, 5) is 23.6. The van der Waals surface area contributed by atoms with Crippen molar-refractivity contribution in [1.29, 1.82) is 0 Å². The highest BCUT2D eigenvalue weighted by molar-refractivity contribution is 5.89. The molecule has 1 aromatic rings. The Morgan fingerprint density at radius 3 is 2.07 bits per heavy atom. The maximum atomic E-state index is 13.7. The van der Waals surface area contributed by atoms with Crippen molar-refractivity contribution in [3.8, 4) is 0 Å². The maximum absolute atomic E-state index is 13.7. The largest absolute Gasteiger partial charge is 0.463 e. The molecule has 1 amide bonds. The second-order valence-electron chi connectivity index (χ2n) is 5.02. The molecule has 152 valence electrons. The summed E-state index contributed by atoms with van der Waals surface area (Å²) in [6.07, 6.45) is -11.9.